The van der Waals surface area contributed by atoms with Gasteiger partial charge in [0.1, 0.15) is 0 Å². The highest BCUT2D eigenvalue weighted by Crippen LogP contribution is 2.52. The van der Waals surface area contributed by atoms with Crippen LogP contribution in [0.4, 0.5) is 0 Å². The van der Waals surface area contributed by atoms with Crippen molar-refractivity contribution in [2.75, 3.05) is 0 Å². The molecular weight excluding hydrogens is 468 g/mol. The fourth-order valence-corrected chi connectivity index (χ4v) is 6.83. The smallest absolute Gasteiger partial charge is 0.0165 e. The van der Waals surface area contributed by atoms with E-state index >= 15 is 0 Å². The van der Waals surface area contributed by atoms with Gasteiger partial charge in [0.25, 0.3) is 0 Å². The maximum absolute atomic E-state index is 2.43. The molecule has 0 radical (unpaired) electrons. The molecule has 0 heterocycles. The fraction of sp³-hybridized carbons (Fsp3) is 0.0769. The van der Waals surface area contributed by atoms with Gasteiger partial charge in [-0.05, 0) is 95.0 Å². The second-order valence-corrected chi connectivity index (χ2v) is 11.4. The van der Waals surface area contributed by atoms with E-state index in [1.165, 1.54) is 76.8 Å². The van der Waals surface area contributed by atoms with Crippen molar-refractivity contribution in [1.29, 1.82) is 0 Å². The van der Waals surface area contributed by atoms with Gasteiger partial charge in [0.05, 0.1) is 0 Å². The summed E-state index contributed by atoms with van der Waals surface area (Å²) in [5, 5.41) is 7.87. The Balaban J connectivity index is 1.27. The lowest BCUT2D eigenvalue weighted by Gasteiger charge is -2.24. The Bertz CT molecular complexity index is 2080. The zero-order valence-electron chi connectivity index (χ0n) is 22.2. The van der Waals surface area contributed by atoms with Crippen molar-refractivity contribution < 1.29 is 0 Å². The first-order valence-corrected chi connectivity index (χ1v) is 13.8. The zero-order chi connectivity index (χ0) is 26.1. The third kappa shape index (κ3) is 3.31. The Morgan fingerprint density at radius 3 is 1.85 bits per heavy atom. The molecule has 0 amide bonds. The summed E-state index contributed by atoms with van der Waals surface area (Å²) < 4.78 is 0. The van der Waals surface area contributed by atoms with Crippen molar-refractivity contribution in [1.82, 2.24) is 0 Å². The average Bonchev–Trinajstić information content (AvgIpc) is 3.23. The minimum absolute atomic E-state index is 0.0886. The standard InChI is InChI=1S/C39H28/c1-39(2)37-24-30(29-13-12-26-10-6-7-11-27(26)22-29)15-18-34(37)36-21-20-33-32-17-14-28(25-8-4-3-5-9-25)23-31(32)16-19-35(33)38(36)39/h3-24H,1-2H3. The monoisotopic (exact) mass is 496 g/mol. The highest BCUT2D eigenvalue weighted by atomic mass is 14.4. The Labute approximate surface area is 229 Å². The largest absolute Gasteiger partial charge is 0.0622 e. The Kier molecular flexibility index (Phi) is 4.67. The van der Waals surface area contributed by atoms with Crippen LogP contribution in [0.25, 0.3) is 65.7 Å². The van der Waals surface area contributed by atoms with Gasteiger partial charge in [-0.15, -0.1) is 0 Å². The summed E-state index contributed by atoms with van der Waals surface area (Å²) in [6.07, 6.45) is 0. The third-order valence-electron chi connectivity index (χ3n) is 8.81. The predicted molar refractivity (Wildman–Crippen MR) is 167 cm³/mol. The molecule has 0 spiro atoms. The van der Waals surface area contributed by atoms with E-state index in [1.807, 2.05) is 0 Å². The van der Waals surface area contributed by atoms with Gasteiger partial charge in [0, 0.05) is 5.41 Å². The molecule has 0 atom stereocenters. The number of hydrogen-bond donors (Lipinski definition) is 0. The first-order chi connectivity index (χ1) is 19.1. The van der Waals surface area contributed by atoms with Gasteiger partial charge < -0.3 is 0 Å². The summed E-state index contributed by atoms with van der Waals surface area (Å²) in [6, 6.07) is 49.4. The van der Waals surface area contributed by atoms with Crippen molar-refractivity contribution in [2.24, 2.45) is 0 Å². The van der Waals surface area contributed by atoms with Crippen LogP contribution in [0, 0.1) is 0 Å². The summed E-state index contributed by atoms with van der Waals surface area (Å²) in [4.78, 5) is 0. The molecule has 0 saturated carbocycles. The van der Waals surface area contributed by atoms with Gasteiger partial charge >= 0.3 is 0 Å². The van der Waals surface area contributed by atoms with Gasteiger partial charge in [0.15, 0.2) is 0 Å². The van der Waals surface area contributed by atoms with E-state index in [2.05, 4.69) is 147 Å². The first-order valence-electron chi connectivity index (χ1n) is 13.8. The molecule has 0 N–H and O–H groups in total. The molecule has 1 aliphatic carbocycles. The maximum Gasteiger partial charge on any atom is 0.0165 e. The van der Waals surface area contributed by atoms with E-state index < -0.39 is 0 Å². The van der Waals surface area contributed by atoms with E-state index in [0.717, 1.165) is 0 Å². The predicted octanol–water partition coefficient (Wildman–Crippen LogP) is 10.8. The zero-order valence-corrected chi connectivity index (χ0v) is 22.2. The summed E-state index contributed by atoms with van der Waals surface area (Å²) >= 11 is 0. The summed E-state index contributed by atoms with van der Waals surface area (Å²) in [5.74, 6) is 0. The van der Waals surface area contributed by atoms with Gasteiger partial charge in [-0.3, -0.25) is 0 Å². The first kappa shape index (κ1) is 22.3. The van der Waals surface area contributed by atoms with Crippen LogP contribution in [0.1, 0.15) is 25.0 Å². The van der Waals surface area contributed by atoms with Gasteiger partial charge in [-0.2, -0.15) is 0 Å². The van der Waals surface area contributed by atoms with Crippen molar-refractivity contribution in [3.8, 4) is 33.4 Å². The van der Waals surface area contributed by atoms with Crippen LogP contribution in [0.15, 0.2) is 133 Å². The lowest BCUT2D eigenvalue weighted by atomic mass is 9.79. The highest BCUT2D eigenvalue weighted by molar-refractivity contribution is 6.12. The van der Waals surface area contributed by atoms with Crippen LogP contribution in [-0.4, -0.2) is 0 Å². The van der Waals surface area contributed by atoms with Gasteiger partial charge in [-0.1, -0.05) is 129 Å². The lowest BCUT2D eigenvalue weighted by molar-refractivity contribution is 0.666. The molecule has 7 aromatic carbocycles. The van der Waals surface area contributed by atoms with E-state index in [0.29, 0.717) is 0 Å². The summed E-state index contributed by atoms with van der Waals surface area (Å²) in [6.45, 7) is 4.79. The van der Waals surface area contributed by atoms with E-state index in [-0.39, 0.29) is 5.41 Å². The van der Waals surface area contributed by atoms with Crippen LogP contribution in [0.2, 0.25) is 0 Å². The molecule has 184 valence electrons. The highest BCUT2D eigenvalue weighted by Gasteiger charge is 2.37. The Morgan fingerprint density at radius 2 is 0.974 bits per heavy atom. The third-order valence-corrected chi connectivity index (χ3v) is 8.81. The molecule has 0 heteroatoms. The van der Waals surface area contributed by atoms with Crippen molar-refractivity contribution >= 4 is 32.3 Å². The number of rotatable bonds is 2. The summed E-state index contributed by atoms with van der Waals surface area (Å²) in [7, 11) is 0. The molecule has 0 saturated heterocycles. The van der Waals surface area contributed by atoms with Crippen LogP contribution < -0.4 is 0 Å². The SMILES string of the molecule is CC1(C)c2cc(-c3ccc4ccccc4c3)ccc2-c2ccc3c(ccc4cc(-c5ccccc5)ccc43)c21. The minimum atomic E-state index is -0.0886. The molecule has 0 fully saturated rings. The Morgan fingerprint density at radius 1 is 0.385 bits per heavy atom. The molecule has 0 nitrogen and oxygen atoms in total. The normalized spacial score (nSPS) is 13.6. The van der Waals surface area contributed by atoms with Gasteiger partial charge in [0.2, 0.25) is 0 Å². The summed E-state index contributed by atoms with van der Waals surface area (Å²) in [5.41, 5.74) is 10.6. The number of hydrogen-bond acceptors (Lipinski definition) is 0. The number of fused-ring (bicyclic) bond motifs is 8. The van der Waals surface area contributed by atoms with Crippen molar-refractivity contribution in [3.63, 3.8) is 0 Å². The van der Waals surface area contributed by atoms with Crippen molar-refractivity contribution in [2.45, 2.75) is 19.3 Å². The molecule has 0 aliphatic heterocycles. The fourth-order valence-electron chi connectivity index (χ4n) is 6.83. The van der Waals surface area contributed by atoms with E-state index in [9.17, 15) is 0 Å². The van der Waals surface area contributed by atoms with Crippen LogP contribution in [0.5, 0.6) is 0 Å². The molecule has 0 bridgehead atoms. The molecule has 8 rings (SSSR count). The van der Waals surface area contributed by atoms with Gasteiger partial charge in [-0.25, -0.2) is 0 Å². The number of benzene rings is 7. The van der Waals surface area contributed by atoms with E-state index in [4.69, 9.17) is 0 Å². The molecule has 0 unspecified atom stereocenters. The van der Waals surface area contributed by atoms with Crippen LogP contribution in [-0.2, 0) is 5.41 Å². The Hall–Kier alpha value is -4.68. The van der Waals surface area contributed by atoms with Crippen molar-refractivity contribution in [3.05, 3.63) is 145 Å². The second-order valence-electron chi connectivity index (χ2n) is 11.4. The molecule has 1 aliphatic rings. The molecule has 0 aromatic heterocycles. The second kappa shape index (κ2) is 8.16. The minimum Gasteiger partial charge on any atom is -0.0622 e. The maximum atomic E-state index is 2.43. The molecule has 7 aromatic rings. The van der Waals surface area contributed by atoms with Crippen LogP contribution >= 0.6 is 0 Å². The van der Waals surface area contributed by atoms with Crippen LogP contribution in [0.3, 0.4) is 0 Å². The molecule has 39 heavy (non-hydrogen) atoms. The lowest BCUT2D eigenvalue weighted by Crippen LogP contribution is -2.15. The topological polar surface area (TPSA) is 0 Å². The van der Waals surface area contributed by atoms with E-state index in [1.54, 1.807) is 0 Å². The molecular formula is C39H28. The quantitative estimate of drug-likeness (QED) is 0.209. The average molecular weight is 497 g/mol.